The molecule has 5 nitrogen and oxygen atoms in total. The number of carboxylic acids is 1. The summed E-state index contributed by atoms with van der Waals surface area (Å²) in [7, 11) is 0. The molecule has 1 aliphatic rings. The summed E-state index contributed by atoms with van der Waals surface area (Å²) in [6.45, 7) is 0.238. The molecule has 0 spiro atoms. The smallest absolute Gasteiger partial charge is 0.341 e. The number of hydrogen-bond donors (Lipinski definition) is 2. The van der Waals surface area contributed by atoms with E-state index in [-0.39, 0.29) is 12.5 Å². The molecule has 27 heavy (non-hydrogen) atoms. The largest absolute Gasteiger partial charge is 0.482 e. The first-order valence-corrected chi connectivity index (χ1v) is 9.40. The number of aliphatic carboxylic acids is 1. The van der Waals surface area contributed by atoms with Gasteiger partial charge < -0.3 is 15.2 Å². The minimum Gasteiger partial charge on any atom is -0.482 e. The van der Waals surface area contributed by atoms with Crippen LogP contribution in [-0.4, -0.2) is 30.1 Å². The highest BCUT2D eigenvalue weighted by molar-refractivity contribution is 5.77. The maximum absolute atomic E-state index is 12.3. The van der Waals surface area contributed by atoms with E-state index >= 15 is 0 Å². The molecule has 0 heterocycles. The number of nitrogens with one attached hydrogen (secondary N) is 1. The Labute approximate surface area is 159 Å². The molecule has 0 aliphatic heterocycles. The van der Waals surface area contributed by atoms with Crippen LogP contribution < -0.4 is 10.1 Å². The molecule has 0 saturated carbocycles. The lowest BCUT2D eigenvalue weighted by molar-refractivity contribution is -0.139. The lowest BCUT2D eigenvalue weighted by atomic mass is 9.81. The Morgan fingerprint density at radius 3 is 2.67 bits per heavy atom. The normalized spacial score (nSPS) is 15.6. The summed E-state index contributed by atoms with van der Waals surface area (Å²) in [4.78, 5) is 22.8. The van der Waals surface area contributed by atoms with E-state index in [0.29, 0.717) is 24.6 Å². The number of amides is 1. The van der Waals surface area contributed by atoms with Crippen LogP contribution in [0.3, 0.4) is 0 Å². The van der Waals surface area contributed by atoms with Gasteiger partial charge in [0.2, 0.25) is 5.91 Å². The van der Waals surface area contributed by atoms with E-state index in [1.54, 1.807) is 12.1 Å². The van der Waals surface area contributed by atoms with Crippen LogP contribution in [0.25, 0.3) is 0 Å². The second-order valence-electron chi connectivity index (χ2n) is 6.92. The van der Waals surface area contributed by atoms with Gasteiger partial charge in [0.25, 0.3) is 0 Å². The Morgan fingerprint density at radius 2 is 1.89 bits per heavy atom. The number of hydrogen-bond acceptors (Lipinski definition) is 3. The first kappa shape index (κ1) is 19.0. The van der Waals surface area contributed by atoms with Gasteiger partial charge in [-0.3, -0.25) is 4.79 Å². The lowest BCUT2D eigenvalue weighted by Crippen LogP contribution is -2.28. The number of carbonyl (C=O) groups is 2. The molecule has 0 saturated heterocycles. The van der Waals surface area contributed by atoms with Crippen LogP contribution in [-0.2, 0) is 22.4 Å². The molecule has 1 aliphatic carbocycles. The minimum absolute atomic E-state index is 0.0955. The van der Waals surface area contributed by atoms with Crippen molar-refractivity contribution in [2.75, 3.05) is 13.2 Å². The maximum atomic E-state index is 12.3. The zero-order valence-electron chi connectivity index (χ0n) is 15.3. The molecule has 142 valence electrons. The Bertz CT molecular complexity index is 785. The molecule has 0 radical (unpaired) electrons. The molecule has 5 heteroatoms. The van der Waals surface area contributed by atoms with Gasteiger partial charge in [0.05, 0.1) is 0 Å². The third-order valence-electron chi connectivity index (χ3n) is 4.95. The molecule has 1 unspecified atom stereocenters. The first-order valence-electron chi connectivity index (χ1n) is 9.40. The van der Waals surface area contributed by atoms with Crippen molar-refractivity contribution in [3.05, 3.63) is 65.2 Å². The van der Waals surface area contributed by atoms with E-state index in [4.69, 9.17) is 9.84 Å². The predicted octanol–water partition coefficient (Wildman–Crippen LogP) is 3.32. The molecular weight excluding hydrogens is 342 g/mol. The first-order chi connectivity index (χ1) is 13.1. The van der Waals surface area contributed by atoms with Crippen LogP contribution in [0.5, 0.6) is 5.75 Å². The van der Waals surface area contributed by atoms with Crippen molar-refractivity contribution in [2.24, 2.45) is 0 Å². The van der Waals surface area contributed by atoms with Crippen molar-refractivity contribution in [3.63, 3.8) is 0 Å². The fourth-order valence-corrected chi connectivity index (χ4v) is 3.61. The maximum Gasteiger partial charge on any atom is 0.341 e. The third kappa shape index (κ3) is 5.58. The minimum atomic E-state index is -0.998. The van der Waals surface area contributed by atoms with Crippen LogP contribution in [0, 0.1) is 0 Å². The van der Waals surface area contributed by atoms with Gasteiger partial charge in [-0.05, 0) is 60.4 Å². The summed E-state index contributed by atoms with van der Waals surface area (Å²) in [6.07, 6.45) is 4.60. The Kier molecular flexibility index (Phi) is 6.47. The predicted molar refractivity (Wildman–Crippen MR) is 103 cm³/mol. The number of fused-ring (bicyclic) bond motifs is 1. The fraction of sp³-hybridized carbons (Fsp3) is 0.364. The molecule has 2 aromatic rings. The van der Waals surface area contributed by atoms with E-state index in [9.17, 15) is 9.59 Å². The standard InChI is InChI=1S/C22H25NO4/c24-21(14-18-6-3-5-17-4-1-2-7-20(17)18)23-13-12-16-8-10-19(11-9-16)27-15-22(25)26/h1-2,4,7-11,18H,3,5-6,12-15H2,(H,23,24)(H,25,26). The van der Waals surface area contributed by atoms with Gasteiger partial charge in [0.15, 0.2) is 6.61 Å². The average molecular weight is 367 g/mol. The van der Waals surface area contributed by atoms with Gasteiger partial charge in [-0.25, -0.2) is 4.79 Å². The van der Waals surface area contributed by atoms with E-state index < -0.39 is 5.97 Å². The van der Waals surface area contributed by atoms with Crippen molar-refractivity contribution < 1.29 is 19.4 Å². The summed E-state index contributed by atoms with van der Waals surface area (Å²) in [5, 5.41) is 11.6. The Morgan fingerprint density at radius 1 is 1.11 bits per heavy atom. The zero-order valence-corrected chi connectivity index (χ0v) is 15.3. The zero-order chi connectivity index (χ0) is 19.1. The van der Waals surface area contributed by atoms with Gasteiger partial charge >= 0.3 is 5.97 Å². The quantitative estimate of drug-likeness (QED) is 0.750. The summed E-state index contributed by atoms with van der Waals surface area (Å²) in [5.74, 6) is -0.0535. The number of carbonyl (C=O) groups excluding carboxylic acids is 1. The van der Waals surface area contributed by atoms with Crippen LogP contribution in [0.4, 0.5) is 0 Å². The van der Waals surface area contributed by atoms with Gasteiger partial charge in [0, 0.05) is 13.0 Å². The molecule has 3 rings (SSSR count). The van der Waals surface area contributed by atoms with Crippen molar-refractivity contribution in [1.29, 1.82) is 0 Å². The van der Waals surface area contributed by atoms with Crippen LogP contribution in [0.1, 0.15) is 41.9 Å². The number of ether oxygens (including phenoxy) is 1. The molecule has 0 aromatic heterocycles. The number of rotatable bonds is 8. The topological polar surface area (TPSA) is 75.6 Å². The highest BCUT2D eigenvalue weighted by Crippen LogP contribution is 2.33. The van der Waals surface area contributed by atoms with E-state index in [1.807, 2.05) is 12.1 Å². The molecule has 2 N–H and O–H groups in total. The Hall–Kier alpha value is -2.82. The molecule has 1 atom stereocenters. The lowest BCUT2D eigenvalue weighted by Gasteiger charge is -2.25. The van der Waals surface area contributed by atoms with Crippen molar-refractivity contribution >= 4 is 11.9 Å². The van der Waals surface area contributed by atoms with Crippen LogP contribution >= 0.6 is 0 Å². The summed E-state index contributed by atoms with van der Waals surface area (Å²) >= 11 is 0. The number of aryl methyl sites for hydroxylation is 1. The van der Waals surface area contributed by atoms with Crippen LogP contribution in [0.2, 0.25) is 0 Å². The summed E-state index contributed by atoms with van der Waals surface area (Å²) < 4.78 is 5.11. The highest BCUT2D eigenvalue weighted by atomic mass is 16.5. The second-order valence-corrected chi connectivity index (χ2v) is 6.92. The average Bonchev–Trinajstić information content (AvgIpc) is 2.67. The van der Waals surface area contributed by atoms with Crippen LogP contribution in [0.15, 0.2) is 48.5 Å². The molecule has 0 bridgehead atoms. The second kappa shape index (κ2) is 9.21. The van der Waals surface area contributed by atoms with Gasteiger partial charge in [-0.15, -0.1) is 0 Å². The van der Waals surface area contributed by atoms with E-state index in [2.05, 4.69) is 29.6 Å². The summed E-state index contributed by atoms with van der Waals surface area (Å²) in [5.41, 5.74) is 3.78. The molecular formula is C22H25NO4. The van der Waals surface area contributed by atoms with Crippen molar-refractivity contribution in [1.82, 2.24) is 5.32 Å². The fourth-order valence-electron chi connectivity index (χ4n) is 3.61. The SMILES string of the molecule is O=C(O)COc1ccc(CCNC(=O)CC2CCCc3ccccc32)cc1. The number of benzene rings is 2. The van der Waals surface area contributed by atoms with Gasteiger partial charge in [-0.2, -0.15) is 0 Å². The molecule has 1 amide bonds. The van der Waals surface area contributed by atoms with Crippen molar-refractivity contribution in [2.45, 2.75) is 38.0 Å². The monoisotopic (exact) mass is 367 g/mol. The van der Waals surface area contributed by atoms with E-state index in [0.717, 1.165) is 31.2 Å². The van der Waals surface area contributed by atoms with Gasteiger partial charge in [-0.1, -0.05) is 36.4 Å². The highest BCUT2D eigenvalue weighted by Gasteiger charge is 2.21. The summed E-state index contributed by atoms with van der Waals surface area (Å²) in [6, 6.07) is 15.7. The molecule has 0 fully saturated rings. The van der Waals surface area contributed by atoms with Crippen molar-refractivity contribution in [3.8, 4) is 5.75 Å². The number of carboxylic acid groups (broad SMARTS) is 1. The molecule has 2 aromatic carbocycles. The third-order valence-corrected chi connectivity index (χ3v) is 4.95. The van der Waals surface area contributed by atoms with E-state index in [1.165, 1.54) is 11.1 Å². The Balaban J connectivity index is 1.43. The van der Waals surface area contributed by atoms with Gasteiger partial charge in [0.1, 0.15) is 5.75 Å².